The molecule has 1 heterocycles. The lowest BCUT2D eigenvalue weighted by Crippen LogP contribution is -2.18. The standard InChI is InChI=1S/C15H16N2O5/c1-8(2)22-11-5-4-9(6-12(11)21-3)13-16-7-10(15(19)20)14(18)17-13/h4-8H,1-3H3,(H,19,20)(H,16,17,18). The summed E-state index contributed by atoms with van der Waals surface area (Å²) in [7, 11) is 1.51. The van der Waals surface area contributed by atoms with E-state index in [1.807, 2.05) is 13.8 Å². The molecule has 2 N–H and O–H groups in total. The van der Waals surface area contributed by atoms with Crippen molar-refractivity contribution < 1.29 is 19.4 Å². The Morgan fingerprint density at radius 2 is 2.05 bits per heavy atom. The molecule has 0 unspecified atom stereocenters. The first-order valence-electron chi connectivity index (χ1n) is 6.60. The summed E-state index contributed by atoms with van der Waals surface area (Å²) in [6.45, 7) is 3.80. The first-order chi connectivity index (χ1) is 10.4. The molecular weight excluding hydrogens is 288 g/mol. The van der Waals surface area contributed by atoms with Crippen LogP contribution < -0.4 is 15.0 Å². The van der Waals surface area contributed by atoms with Crippen LogP contribution in [0.5, 0.6) is 11.5 Å². The van der Waals surface area contributed by atoms with Gasteiger partial charge in [0.2, 0.25) is 0 Å². The van der Waals surface area contributed by atoms with Gasteiger partial charge in [-0.25, -0.2) is 9.78 Å². The smallest absolute Gasteiger partial charge is 0.342 e. The average Bonchev–Trinajstić information content (AvgIpc) is 2.46. The third-order valence-electron chi connectivity index (χ3n) is 2.83. The van der Waals surface area contributed by atoms with E-state index >= 15 is 0 Å². The number of aromatic nitrogens is 2. The van der Waals surface area contributed by atoms with Crippen molar-refractivity contribution in [3.05, 3.63) is 40.3 Å². The molecule has 0 radical (unpaired) electrons. The molecule has 22 heavy (non-hydrogen) atoms. The predicted octanol–water partition coefficient (Wildman–Crippen LogP) is 1.93. The van der Waals surface area contributed by atoms with Crippen molar-refractivity contribution in [1.82, 2.24) is 9.97 Å². The Morgan fingerprint density at radius 3 is 2.59 bits per heavy atom. The van der Waals surface area contributed by atoms with Crippen LogP contribution in [0.1, 0.15) is 24.2 Å². The van der Waals surface area contributed by atoms with Crippen LogP contribution in [-0.2, 0) is 0 Å². The first-order valence-corrected chi connectivity index (χ1v) is 6.60. The number of hydrogen-bond donors (Lipinski definition) is 2. The van der Waals surface area contributed by atoms with Crippen molar-refractivity contribution in [1.29, 1.82) is 0 Å². The van der Waals surface area contributed by atoms with Crippen molar-refractivity contribution in [3.8, 4) is 22.9 Å². The number of ether oxygens (including phenoxy) is 2. The van der Waals surface area contributed by atoms with Gasteiger partial charge in [-0.2, -0.15) is 0 Å². The largest absolute Gasteiger partial charge is 0.493 e. The minimum absolute atomic E-state index is 0.00691. The molecule has 0 saturated heterocycles. The van der Waals surface area contributed by atoms with E-state index in [1.165, 1.54) is 7.11 Å². The van der Waals surface area contributed by atoms with E-state index < -0.39 is 17.1 Å². The van der Waals surface area contributed by atoms with E-state index in [1.54, 1.807) is 18.2 Å². The average molecular weight is 304 g/mol. The van der Waals surface area contributed by atoms with Crippen molar-refractivity contribution in [2.45, 2.75) is 20.0 Å². The monoisotopic (exact) mass is 304 g/mol. The zero-order chi connectivity index (χ0) is 16.3. The van der Waals surface area contributed by atoms with Gasteiger partial charge in [0, 0.05) is 11.8 Å². The number of carboxylic acid groups (broad SMARTS) is 1. The molecule has 1 aromatic heterocycles. The Balaban J connectivity index is 2.43. The maximum Gasteiger partial charge on any atom is 0.342 e. The zero-order valence-electron chi connectivity index (χ0n) is 12.4. The molecule has 0 atom stereocenters. The fourth-order valence-electron chi connectivity index (χ4n) is 1.86. The van der Waals surface area contributed by atoms with E-state index in [2.05, 4.69) is 9.97 Å². The highest BCUT2D eigenvalue weighted by atomic mass is 16.5. The molecule has 0 saturated carbocycles. The minimum atomic E-state index is -1.32. The number of nitrogens with zero attached hydrogens (tertiary/aromatic N) is 1. The fraction of sp³-hybridized carbons (Fsp3) is 0.267. The highest BCUT2D eigenvalue weighted by molar-refractivity contribution is 5.86. The number of hydrogen-bond acceptors (Lipinski definition) is 5. The summed E-state index contributed by atoms with van der Waals surface area (Å²) in [6, 6.07) is 5.08. The van der Waals surface area contributed by atoms with Gasteiger partial charge in [0.05, 0.1) is 13.2 Å². The van der Waals surface area contributed by atoms with E-state index in [0.29, 0.717) is 17.1 Å². The first kappa shape index (κ1) is 15.6. The van der Waals surface area contributed by atoms with E-state index in [9.17, 15) is 9.59 Å². The van der Waals surface area contributed by atoms with Gasteiger partial charge in [0.1, 0.15) is 11.4 Å². The normalized spacial score (nSPS) is 10.5. The van der Waals surface area contributed by atoms with Gasteiger partial charge in [0.15, 0.2) is 11.5 Å². The highest BCUT2D eigenvalue weighted by Gasteiger charge is 2.13. The molecule has 1 aromatic carbocycles. The van der Waals surface area contributed by atoms with Crippen LogP contribution in [0.4, 0.5) is 0 Å². The van der Waals surface area contributed by atoms with Crippen molar-refractivity contribution in [3.63, 3.8) is 0 Å². The van der Waals surface area contributed by atoms with Crippen LogP contribution in [0, 0.1) is 0 Å². The highest BCUT2D eigenvalue weighted by Crippen LogP contribution is 2.31. The van der Waals surface area contributed by atoms with Gasteiger partial charge in [-0.15, -0.1) is 0 Å². The zero-order valence-corrected chi connectivity index (χ0v) is 12.4. The van der Waals surface area contributed by atoms with E-state index in [-0.39, 0.29) is 11.9 Å². The van der Waals surface area contributed by atoms with Crippen LogP contribution in [-0.4, -0.2) is 34.3 Å². The Bertz CT molecular complexity index is 752. The minimum Gasteiger partial charge on any atom is -0.493 e. The Labute approximate surface area is 126 Å². The SMILES string of the molecule is COc1cc(-c2ncc(C(=O)O)c(=O)[nH]2)ccc1OC(C)C. The summed E-state index contributed by atoms with van der Waals surface area (Å²) < 4.78 is 10.9. The molecule has 2 rings (SSSR count). The third-order valence-corrected chi connectivity index (χ3v) is 2.83. The van der Waals surface area contributed by atoms with Crippen molar-refractivity contribution in [2.75, 3.05) is 7.11 Å². The number of benzene rings is 1. The van der Waals surface area contributed by atoms with E-state index in [4.69, 9.17) is 14.6 Å². The second kappa shape index (κ2) is 6.30. The van der Waals surface area contributed by atoms with Crippen LogP contribution in [0.25, 0.3) is 11.4 Å². The quantitative estimate of drug-likeness (QED) is 0.875. The molecule has 0 aliphatic rings. The van der Waals surface area contributed by atoms with Gasteiger partial charge >= 0.3 is 5.97 Å². The predicted molar refractivity (Wildman–Crippen MR) is 79.6 cm³/mol. The molecule has 7 nitrogen and oxygen atoms in total. The lowest BCUT2D eigenvalue weighted by atomic mass is 10.2. The number of rotatable bonds is 5. The van der Waals surface area contributed by atoms with Gasteiger partial charge in [-0.1, -0.05) is 0 Å². The number of carboxylic acids is 1. The van der Waals surface area contributed by atoms with Crippen molar-refractivity contribution in [2.24, 2.45) is 0 Å². The molecule has 0 aliphatic heterocycles. The third kappa shape index (κ3) is 3.25. The topological polar surface area (TPSA) is 102 Å². The van der Waals surface area contributed by atoms with Gasteiger partial charge in [0.25, 0.3) is 5.56 Å². The molecule has 0 spiro atoms. The molecule has 2 aromatic rings. The molecule has 0 bridgehead atoms. The lowest BCUT2D eigenvalue weighted by molar-refractivity contribution is 0.0694. The van der Waals surface area contributed by atoms with Crippen LogP contribution in [0.15, 0.2) is 29.2 Å². The summed E-state index contributed by atoms with van der Waals surface area (Å²) in [5.41, 5.74) is -0.531. The Morgan fingerprint density at radius 1 is 1.32 bits per heavy atom. The summed E-state index contributed by atoms with van der Waals surface area (Å²) in [4.78, 5) is 28.9. The summed E-state index contributed by atoms with van der Waals surface area (Å²) >= 11 is 0. The van der Waals surface area contributed by atoms with Crippen LogP contribution >= 0.6 is 0 Å². The van der Waals surface area contributed by atoms with Crippen LogP contribution in [0.3, 0.4) is 0 Å². The molecular formula is C15H16N2O5. The summed E-state index contributed by atoms with van der Waals surface area (Å²) in [5.74, 6) is 0.00451. The number of H-pyrrole nitrogens is 1. The number of methoxy groups -OCH3 is 1. The van der Waals surface area contributed by atoms with Crippen LogP contribution in [0.2, 0.25) is 0 Å². The maximum atomic E-state index is 11.7. The van der Waals surface area contributed by atoms with E-state index in [0.717, 1.165) is 6.20 Å². The van der Waals surface area contributed by atoms with Gasteiger partial charge < -0.3 is 19.6 Å². The lowest BCUT2D eigenvalue weighted by Gasteiger charge is -2.14. The number of nitrogens with one attached hydrogen (secondary N) is 1. The number of aromatic amines is 1. The Kier molecular flexibility index (Phi) is 4.45. The number of carbonyl (C=O) groups is 1. The molecule has 7 heteroatoms. The second-order valence-electron chi connectivity index (χ2n) is 4.81. The number of aromatic carboxylic acids is 1. The molecule has 116 valence electrons. The summed E-state index contributed by atoms with van der Waals surface area (Å²) in [6.07, 6.45) is 1.02. The van der Waals surface area contributed by atoms with Gasteiger partial charge in [-0.05, 0) is 32.0 Å². The van der Waals surface area contributed by atoms with Crippen molar-refractivity contribution >= 4 is 5.97 Å². The maximum absolute atomic E-state index is 11.7. The molecule has 0 amide bonds. The Hall–Kier alpha value is -2.83. The molecule has 0 fully saturated rings. The summed E-state index contributed by atoms with van der Waals surface area (Å²) in [5, 5.41) is 8.83. The fourth-order valence-corrected chi connectivity index (χ4v) is 1.86. The molecule has 0 aliphatic carbocycles. The van der Waals surface area contributed by atoms with Gasteiger partial charge in [-0.3, -0.25) is 4.79 Å². The second-order valence-corrected chi connectivity index (χ2v) is 4.81.